The second-order valence-corrected chi connectivity index (χ2v) is 9.55. The number of hydrogen-bond donors (Lipinski definition) is 2. The average molecular weight is 355 g/mol. The number of fused-ring (bicyclic) bond motifs is 1. The van der Waals surface area contributed by atoms with E-state index in [1.165, 1.54) is 12.0 Å². The highest BCUT2D eigenvalue weighted by Crippen LogP contribution is 2.62. The number of rotatable bonds is 4. The highest BCUT2D eigenvalue weighted by Gasteiger charge is 2.57. The zero-order chi connectivity index (χ0) is 17.8. The monoisotopic (exact) mass is 355 g/mol. The zero-order valence-corrected chi connectivity index (χ0v) is 15.4. The molecular formula is C22H29NO3. The van der Waals surface area contributed by atoms with Gasteiger partial charge in [-0.15, -0.1) is 0 Å². The molecule has 1 aromatic carbocycles. The minimum Gasteiger partial charge on any atom is -0.488 e. The van der Waals surface area contributed by atoms with Crippen LogP contribution >= 0.6 is 0 Å². The standard InChI is InChI=1S/C22H29NO3/c24-20(23-13-18-6-5-17-3-1-2-4-19(17)26-18)12-21-8-15-7-16(9-21)11-22(25,10-15)14-21/h1-4,15-16,18,25H,5-14H2,(H,23,24)/t15-,16-,18+,21?,22?/m0/s1. The number of para-hydroxylation sites is 1. The molecule has 5 aliphatic rings. The Morgan fingerprint density at radius 2 is 1.96 bits per heavy atom. The molecular weight excluding hydrogens is 326 g/mol. The van der Waals surface area contributed by atoms with E-state index >= 15 is 0 Å². The maximum Gasteiger partial charge on any atom is 0.220 e. The van der Waals surface area contributed by atoms with Crippen molar-refractivity contribution in [3.63, 3.8) is 0 Å². The van der Waals surface area contributed by atoms with E-state index in [-0.39, 0.29) is 17.4 Å². The van der Waals surface area contributed by atoms with Gasteiger partial charge in [-0.2, -0.15) is 0 Å². The molecule has 0 radical (unpaired) electrons. The van der Waals surface area contributed by atoms with E-state index in [2.05, 4.69) is 11.4 Å². The molecule has 0 spiro atoms. The quantitative estimate of drug-likeness (QED) is 0.872. The van der Waals surface area contributed by atoms with Crippen molar-refractivity contribution in [2.24, 2.45) is 17.3 Å². The molecule has 0 aromatic heterocycles. The van der Waals surface area contributed by atoms with Crippen LogP contribution in [0.25, 0.3) is 0 Å². The van der Waals surface area contributed by atoms with Gasteiger partial charge in [0.1, 0.15) is 11.9 Å². The molecule has 1 aromatic rings. The summed E-state index contributed by atoms with van der Waals surface area (Å²) in [5.74, 6) is 2.36. The van der Waals surface area contributed by atoms with Crippen LogP contribution in [0.2, 0.25) is 0 Å². The number of aryl methyl sites for hydroxylation is 1. The molecule has 140 valence electrons. The van der Waals surface area contributed by atoms with Gasteiger partial charge in [-0.3, -0.25) is 4.79 Å². The second-order valence-electron chi connectivity index (χ2n) is 9.55. The lowest BCUT2D eigenvalue weighted by molar-refractivity contribution is -0.169. The SMILES string of the molecule is O=C(CC12C[C@@H]3C[C@H](CC(O)(C3)C1)C2)NC[C@H]1CCc2ccccc2O1. The Balaban J connectivity index is 1.17. The number of nitrogens with one attached hydrogen (secondary N) is 1. The first-order valence-corrected chi connectivity index (χ1v) is 10.2. The van der Waals surface area contributed by atoms with Gasteiger partial charge in [0.25, 0.3) is 0 Å². The smallest absolute Gasteiger partial charge is 0.220 e. The Morgan fingerprint density at radius 1 is 1.19 bits per heavy atom. The molecule has 6 rings (SSSR count). The molecule has 4 saturated carbocycles. The van der Waals surface area contributed by atoms with E-state index in [1.807, 2.05) is 18.2 Å². The van der Waals surface area contributed by atoms with Gasteiger partial charge in [0.05, 0.1) is 12.1 Å². The summed E-state index contributed by atoms with van der Waals surface area (Å²) in [6.07, 6.45) is 8.88. The van der Waals surface area contributed by atoms with Crippen molar-refractivity contribution in [2.75, 3.05) is 6.54 Å². The number of carbonyl (C=O) groups is 1. The van der Waals surface area contributed by atoms with Crippen molar-refractivity contribution in [2.45, 2.75) is 69.5 Å². The summed E-state index contributed by atoms with van der Waals surface area (Å²) in [4.78, 5) is 12.7. The summed E-state index contributed by atoms with van der Waals surface area (Å²) < 4.78 is 6.04. The molecule has 3 atom stereocenters. The number of ether oxygens (including phenoxy) is 1. The van der Waals surface area contributed by atoms with Crippen LogP contribution in [0.5, 0.6) is 5.75 Å². The first-order valence-electron chi connectivity index (χ1n) is 10.2. The van der Waals surface area contributed by atoms with Crippen LogP contribution < -0.4 is 10.1 Å². The van der Waals surface area contributed by atoms with Gasteiger partial charge < -0.3 is 15.2 Å². The minimum atomic E-state index is -0.486. The van der Waals surface area contributed by atoms with Crippen LogP contribution in [-0.4, -0.2) is 29.3 Å². The molecule has 0 unspecified atom stereocenters. The van der Waals surface area contributed by atoms with Gasteiger partial charge in [0.2, 0.25) is 5.91 Å². The van der Waals surface area contributed by atoms with Gasteiger partial charge in [-0.05, 0) is 80.2 Å². The van der Waals surface area contributed by atoms with Crippen LogP contribution in [0.4, 0.5) is 0 Å². The van der Waals surface area contributed by atoms with Crippen molar-refractivity contribution in [1.29, 1.82) is 0 Å². The molecule has 26 heavy (non-hydrogen) atoms. The van der Waals surface area contributed by atoms with Crippen LogP contribution in [0.1, 0.15) is 56.9 Å². The van der Waals surface area contributed by atoms with E-state index in [9.17, 15) is 9.90 Å². The lowest BCUT2D eigenvalue weighted by Gasteiger charge is -2.60. The Morgan fingerprint density at radius 3 is 2.73 bits per heavy atom. The predicted octanol–water partition coefficient (Wildman–Crippen LogP) is 3.22. The number of aliphatic hydroxyl groups is 1. The number of carbonyl (C=O) groups excluding carboxylic acids is 1. The Kier molecular flexibility index (Phi) is 3.82. The summed E-state index contributed by atoms with van der Waals surface area (Å²) in [5.41, 5.74) is 0.820. The summed E-state index contributed by atoms with van der Waals surface area (Å²) in [5, 5.41) is 14.0. The van der Waals surface area contributed by atoms with Crippen LogP contribution in [0, 0.1) is 17.3 Å². The van der Waals surface area contributed by atoms with Crippen molar-refractivity contribution in [3.05, 3.63) is 29.8 Å². The van der Waals surface area contributed by atoms with Crippen molar-refractivity contribution in [1.82, 2.24) is 5.32 Å². The van der Waals surface area contributed by atoms with Crippen molar-refractivity contribution < 1.29 is 14.6 Å². The number of amides is 1. The first-order chi connectivity index (χ1) is 12.5. The molecule has 4 bridgehead atoms. The Bertz CT molecular complexity index is 701. The van der Waals surface area contributed by atoms with Gasteiger partial charge in [-0.25, -0.2) is 0 Å². The molecule has 4 fully saturated rings. The summed E-state index contributed by atoms with van der Waals surface area (Å²) in [7, 11) is 0. The summed E-state index contributed by atoms with van der Waals surface area (Å²) >= 11 is 0. The molecule has 1 amide bonds. The Hall–Kier alpha value is -1.55. The van der Waals surface area contributed by atoms with E-state index < -0.39 is 5.60 Å². The lowest BCUT2D eigenvalue weighted by atomic mass is 9.47. The second kappa shape index (κ2) is 5.98. The van der Waals surface area contributed by atoms with Crippen LogP contribution in [0.3, 0.4) is 0 Å². The largest absolute Gasteiger partial charge is 0.488 e. The maximum atomic E-state index is 12.7. The molecule has 2 N–H and O–H groups in total. The van der Waals surface area contributed by atoms with Gasteiger partial charge in [-0.1, -0.05) is 18.2 Å². The van der Waals surface area contributed by atoms with Gasteiger partial charge >= 0.3 is 0 Å². The third-order valence-corrected chi connectivity index (χ3v) is 7.22. The summed E-state index contributed by atoms with van der Waals surface area (Å²) in [6.45, 7) is 0.584. The fourth-order valence-electron chi connectivity index (χ4n) is 6.76. The van der Waals surface area contributed by atoms with E-state index in [1.54, 1.807) is 0 Å². The highest BCUT2D eigenvalue weighted by molar-refractivity contribution is 5.76. The van der Waals surface area contributed by atoms with Crippen LogP contribution in [0.15, 0.2) is 24.3 Å². The molecule has 1 aliphatic heterocycles. The minimum absolute atomic E-state index is 0.0446. The fourth-order valence-corrected chi connectivity index (χ4v) is 6.76. The molecule has 4 heteroatoms. The van der Waals surface area contributed by atoms with Gasteiger partial charge in [0, 0.05) is 6.42 Å². The average Bonchev–Trinajstić information content (AvgIpc) is 2.57. The summed E-state index contributed by atoms with van der Waals surface area (Å²) in [6, 6.07) is 8.17. The molecule has 1 heterocycles. The molecule has 4 aliphatic carbocycles. The molecule has 4 nitrogen and oxygen atoms in total. The van der Waals surface area contributed by atoms with E-state index in [0.717, 1.165) is 50.7 Å². The van der Waals surface area contributed by atoms with E-state index in [4.69, 9.17) is 4.74 Å². The number of benzene rings is 1. The topological polar surface area (TPSA) is 58.6 Å². The van der Waals surface area contributed by atoms with E-state index in [0.29, 0.717) is 24.8 Å². The Labute approximate surface area is 155 Å². The zero-order valence-electron chi connectivity index (χ0n) is 15.4. The number of hydrogen-bond acceptors (Lipinski definition) is 3. The van der Waals surface area contributed by atoms with Crippen LogP contribution in [-0.2, 0) is 11.2 Å². The van der Waals surface area contributed by atoms with Crippen molar-refractivity contribution in [3.8, 4) is 5.75 Å². The normalized spacial score (nSPS) is 40.0. The van der Waals surface area contributed by atoms with Crippen molar-refractivity contribution >= 4 is 5.91 Å². The van der Waals surface area contributed by atoms with Gasteiger partial charge in [0.15, 0.2) is 0 Å². The first kappa shape index (κ1) is 16.6. The maximum absolute atomic E-state index is 12.7. The predicted molar refractivity (Wildman–Crippen MR) is 98.9 cm³/mol. The highest BCUT2D eigenvalue weighted by atomic mass is 16.5. The lowest BCUT2D eigenvalue weighted by Crippen LogP contribution is -2.56. The molecule has 0 saturated heterocycles. The third-order valence-electron chi connectivity index (χ3n) is 7.22. The fraction of sp³-hybridized carbons (Fsp3) is 0.682. The third kappa shape index (κ3) is 3.02.